The van der Waals surface area contributed by atoms with Crippen molar-refractivity contribution in [3.8, 4) is 0 Å². The van der Waals surface area contributed by atoms with Crippen molar-refractivity contribution in [3.05, 3.63) is 0 Å². The SMILES string of the molecule is CC(=O)CC([O-])=NC1CCC1.CC(=O)CC([O-])=NC1CCC1.CC(=O)CC([O-])=NC1CCC1.[Fe+3]. The summed E-state index contributed by atoms with van der Waals surface area (Å²) in [4.78, 5) is 43.0. The van der Waals surface area contributed by atoms with E-state index in [9.17, 15) is 29.7 Å². The van der Waals surface area contributed by atoms with Crippen LogP contribution in [-0.4, -0.2) is 53.2 Å². The molecular formula is C24H36FeN3O6. The van der Waals surface area contributed by atoms with Crippen LogP contribution in [0, 0.1) is 0 Å². The summed E-state index contributed by atoms with van der Waals surface area (Å²) >= 11 is 0. The minimum Gasteiger partial charge on any atom is -0.862 e. The number of carbonyl (C=O) groups is 3. The van der Waals surface area contributed by atoms with Gasteiger partial charge in [0.2, 0.25) is 0 Å². The standard InChI is InChI=1S/3C8H13NO2.Fe/c3*1-6(10)5-8(11)9-7-3-2-4-7;/h3*7H,2-5H2,1H3,(H,9,11);/q;;;+3/p-3. The zero-order chi connectivity index (χ0) is 24.8. The smallest absolute Gasteiger partial charge is 0.862 e. The average molecular weight is 518 g/mol. The minimum absolute atomic E-state index is 0. The number of ketones is 3. The van der Waals surface area contributed by atoms with Crippen molar-refractivity contribution >= 4 is 35.0 Å². The van der Waals surface area contributed by atoms with E-state index in [2.05, 4.69) is 15.0 Å². The Bertz CT molecular complexity index is 654. The van der Waals surface area contributed by atoms with Crippen molar-refractivity contribution in [2.45, 2.75) is 116 Å². The first-order chi connectivity index (χ1) is 15.5. The monoisotopic (exact) mass is 518 g/mol. The number of carbonyl (C=O) groups excluding carboxylic acids is 3. The Morgan fingerprint density at radius 1 is 0.559 bits per heavy atom. The van der Waals surface area contributed by atoms with Crippen LogP contribution in [0.1, 0.15) is 97.8 Å². The fourth-order valence-electron chi connectivity index (χ4n) is 2.93. The summed E-state index contributed by atoms with van der Waals surface area (Å²) in [6.07, 6.45) is 9.56. The van der Waals surface area contributed by atoms with Gasteiger partial charge in [0.25, 0.3) is 0 Å². The van der Waals surface area contributed by atoms with Crippen LogP contribution in [0.25, 0.3) is 0 Å². The molecule has 191 valence electrons. The Labute approximate surface area is 212 Å². The molecule has 0 amide bonds. The molecule has 0 aromatic carbocycles. The first kappa shape index (κ1) is 31.9. The topological polar surface area (TPSA) is 157 Å². The van der Waals surface area contributed by atoms with Gasteiger partial charge in [-0.15, -0.1) is 0 Å². The van der Waals surface area contributed by atoms with Crippen LogP contribution in [0.15, 0.2) is 15.0 Å². The molecule has 1 radical (unpaired) electrons. The Morgan fingerprint density at radius 2 is 0.765 bits per heavy atom. The van der Waals surface area contributed by atoms with Gasteiger partial charge in [0.15, 0.2) is 0 Å². The van der Waals surface area contributed by atoms with Gasteiger partial charge in [-0.05, 0) is 96.3 Å². The molecular weight excluding hydrogens is 482 g/mol. The molecule has 0 spiro atoms. The molecule has 3 aliphatic rings. The maximum Gasteiger partial charge on any atom is 3.00 e. The van der Waals surface area contributed by atoms with Gasteiger partial charge >= 0.3 is 17.1 Å². The molecule has 9 nitrogen and oxygen atoms in total. The number of aliphatic imine (C=N–C) groups is 3. The third-order valence-corrected chi connectivity index (χ3v) is 5.40. The van der Waals surface area contributed by atoms with E-state index in [1.165, 1.54) is 40.0 Å². The molecule has 3 fully saturated rings. The van der Waals surface area contributed by atoms with Gasteiger partial charge in [-0.3, -0.25) is 14.4 Å². The summed E-state index contributed by atoms with van der Waals surface area (Å²) < 4.78 is 0. The third-order valence-electron chi connectivity index (χ3n) is 5.40. The summed E-state index contributed by atoms with van der Waals surface area (Å²) in [6, 6.07) is 0.672. The van der Waals surface area contributed by atoms with Crippen molar-refractivity contribution in [2.75, 3.05) is 0 Å². The molecule has 0 unspecified atom stereocenters. The van der Waals surface area contributed by atoms with Crippen molar-refractivity contribution < 1.29 is 46.8 Å². The van der Waals surface area contributed by atoms with Crippen LogP contribution in [-0.2, 0) is 31.5 Å². The fraction of sp³-hybridized carbons (Fsp3) is 0.750. The van der Waals surface area contributed by atoms with E-state index in [1.807, 2.05) is 0 Å². The summed E-state index contributed by atoms with van der Waals surface area (Å²) in [5.41, 5.74) is 0. The second-order valence-electron chi connectivity index (χ2n) is 8.96. The molecule has 10 heteroatoms. The van der Waals surface area contributed by atoms with Crippen LogP contribution >= 0.6 is 0 Å². The van der Waals surface area contributed by atoms with Crippen LogP contribution in [0.2, 0.25) is 0 Å². The molecule has 0 bridgehead atoms. The molecule has 0 atom stereocenters. The average Bonchev–Trinajstić information content (AvgIpc) is 2.57. The fourth-order valence-corrected chi connectivity index (χ4v) is 2.93. The zero-order valence-corrected chi connectivity index (χ0v) is 21.5. The van der Waals surface area contributed by atoms with Gasteiger partial charge in [0.1, 0.15) is 17.3 Å². The zero-order valence-electron chi connectivity index (χ0n) is 20.4. The number of Topliss-reactive ketones (excluding diaryl/α,β-unsaturated/α-hetero) is 3. The number of hydrogen-bond donors (Lipinski definition) is 0. The van der Waals surface area contributed by atoms with Crippen LogP contribution < -0.4 is 15.3 Å². The molecule has 0 aromatic heterocycles. The van der Waals surface area contributed by atoms with Crippen LogP contribution in [0.4, 0.5) is 0 Å². The summed E-state index contributed by atoms with van der Waals surface area (Å²) in [5, 5.41) is 32.6. The summed E-state index contributed by atoms with van der Waals surface area (Å²) in [6.45, 7) is 4.23. The molecule has 0 aliphatic heterocycles. The van der Waals surface area contributed by atoms with E-state index >= 15 is 0 Å². The Balaban J connectivity index is 0.000000473. The van der Waals surface area contributed by atoms with Crippen LogP contribution in [0.3, 0.4) is 0 Å². The Kier molecular flexibility index (Phi) is 16.3. The maximum absolute atomic E-state index is 10.9. The first-order valence-electron chi connectivity index (χ1n) is 11.7. The van der Waals surface area contributed by atoms with Crippen molar-refractivity contribution in [2.24, 2.45) is 15.0 Å². The predicted molar refractivity (Wildman–Crippen MR) is 121 cm³/mol. The van der Waals surface area contributed by atoms with E-state index in [-0.39, 0.29) is 89.5 Å². The van der Waals surface area contributed by atoms with Gasteiger partial charge < -0.3 is 30.3 Å². The normalized spacial score (nSPS) is 19.0. The number of rotatable bonds is 9. The quantitative estimate of drug-likeness (QED) is 0.250. The van der Waals surface area contributed by atoms with E-state index in [0.717, 1.165) is 38.5 Å². The van der Waals surface area contributed by atoms with Gasteiger partial charge in [-0.25, -0.2) is 0 Å². The Morgan fingerprint density at radius 3 is 0.882 bits per heavy atom. The maximum atomic E-state index is 10.9. The summed E-state index contributed by atoms with van der Waals surface area (Å²) in [5.74, 6) is -1.04. The van der Waals surface area contributed by atoms with E-state index < -0.39 is 0 Å². The van der Waals surface area contributed by atoms with Gasteiger partial charge in [0, 0.05) is 37.4 Å². The molecule has 0 N–H and O–H groups in total. The largest absolute Gasteiger partial charge is 3.00 e. The third kappa shape index (κ3) is 15.7. The van der Waals surface area contributed by atoms with Crippen molar-refractivity contribution in [1.29, 1.82) is 0 Å². The van der Waals surface area contributed by atoms with Gasteiger partial charge in [-0.1, -0.05) is 0 Å². The Hall–Kier alpha value is -2.06. The number of hydrogen-bond acceptors (Lipinski definition) is 9. The molecule has 3 aliphatic carbocycles. The van der Waals surface area contributed by atoms with E-state index in [4.69, 9.17) is 0 Å². The van der Waals surface area contributed by atoms with Gasteiger partial charge in [-0.2, -0.15) is 0 Å². The minimum atomic E-state index is -0.248. The van der Waals surface area contributed by atoms with E-state index in [0.29, 0.717) is 0 Å². The molecule has 3 saturated carbocycles. The predicted octanol–water partition coefficient (Wildman–Crippen LogP) is 0.828. The van der Waals surface area contributed by atoms with Crippen LogP contribution in [0.5, 0.6) is 0 Å². The molecule has 0 heterocycles. The van der Waals surface area contributed by atoms with Crippen molar-refractivity contribution in [3.63, 3.8) is 0 Å². The summed E-state index contributed by atoms with van der Waals surface area (Å²) in [7, 11) is 0. The second kappa shape index (κ2) is 17.4. The second-order valence-corrected chi connectivity index (χ2v) is 8.96. The van der Waals surface area contributed by atoms with Crippen molar-refractivity contribution in [1.82, 2.24) is 0 Å². The molecule has 34 heavy (non-hydrogen) atoms. The molecule has 3 rings (SSSR count). The van der Waals surface area contributed by atoms with Gasteiger partial charge in [0.05, 0.1) is 0 Å². The first-order valence-corrected chi connectivity index (χ1v) is 11.7. The van der Waals surface area contributed by atoms with E-state index in [1.54, 1.807) is 0 Å². The number of nitrogens with zero attached hydrogens (tertiary/aromatic N) is 3. The molecule has 0 aromatic rings. The molecule has 0 saturated heterocycles.